The fraction of sp³-hybridized carbons (Fsp3) is 0.794. The van der Waals surface area contributed by atoms with Crippen LogP contribution in [-0.4, -0.2) is 80.6 Å². The Bertz CT molecular complexity index is 757. The summed E-state index contributed by atoms with van der Waals surface area (Å²) in [6.07, 6.45) is 23.8. The fourth-order valence-electron chi connectivity index (χ4n) is 4.54. The number of quaternary nitrogens is 1. The number of esters is 2. The molecule has 0 aromatic rings. The minimum absolute atomic E-state index is 0.0531. The molecule has 2 atom stereocenters. The average Bonchev–Trinajstić information content (AvgIpc) is 2.92. The summed E-state index contributed by atoms with van der Waals surface area (Å²) in [6.45, 7) is 4.52. The van der Waals surface area contributed by atoms with Gasteiger partial charge in [0.25, 0.3) is 0 Å². The van der Waals surface area contributed by atoms with Gasteiger partial charge in [0.2, 0.25) is 0 Å². The lowest BCUT2D eigenvalue weighted by Crippen LogP contribution is -2.50. The summed E-state index contributed by atoms with van der Waals surface area (Å²) in [5.74, 6) is -1.52. The van der Waals surface area contributed by atoms with E-state index in [4.69, 9.17) is 14.2 Å². The number of unbranched alkanes of at least 4 members (excludes halogenated alkanes) is 10. The summed E-state index contributed by atoms with van der Waals surface area (Å²) >= 11 is 0. The molecule has 0 radical (unpaired) electrons. The third kappa shape index (κ3) is 24.4. The van der Waals surface area contributed by atoms with E-state index in [1.165, 1.54) is 38.5 Å². The lowest BCUT2D eigenvalue weighted by Gasteiger charge is -2.31. The Morgan fingerprint density at radius 2 is 1.33 bits per heavy atom. The molecule has 0 aromatic carbocycles. The molecule has 244 valence electrons. The van der Waals surface area contributed by atoms with E-state index in [1.807, 2.05) is 21.1 Å². The van der Waals surface area contributed by atoms with E-state index in [9.17, 15) is 19.5 Å². The highest BCUT2D eigenvalue weighted by Gasteiger charge is 2.31. The number of ether oxygens (including phenoxy) is 3. The molecule has 1 N–H and O–H groups in total. The number of carbonyl (C=O) groups is 3. The van der Waals surface area contributed by atoms with E-state index in [0.717, 1.165) is 51.4 Å². The van der Waals surface area contributed by atoms with Gasteiger partial charge in [0.15, 0.2) is 12.1 Å². The predicted molar refractivity (Wildman–Crippen MR) is 169 cm³/mol. The Morgan fingerprint density at radius 1 is 0.738 bits per heavy atom. The van der Waals surface area contributed by atoms with Gasteiger partial charge in [0.05, 0.1) is 34.4 Å². The molecular weight excluding hydrogens is 534 g/mol. The quantitative estimate of drug-likeness (QED) is 0.0435. The summed E-state index contributed by atoms with van der Waals surface area (Å²) in [4.78, 5) is 36.4. The SMILES string of the molecule is CC/C=C/C/C=C/CCCCC(=O)OCC(COCCC(C(=O)O)[N+](C)(C)C)OC(=O)CCCCCCCCCCC. The molecule has 0 aliphatic rings. The van der Waals surface area contributed by atoms with Gasteiger partial charge in [-0.1, -0.05) is 89.5 Å². The first-order valence-corrected chi connectivity index (χ1v) is 16.4. The topological polar surface area (TPSA) is 99.1 Å². The number of carbonyl (C=O) groups excluding carboxylic acids is 2. The molecule has 0 saturated carbocycles. The maximum Gasteiger partial charge on any atom is 0.362 e. The molecule has 8 heteroatoms. The molecule has 0 aliphatic heterocycles. The zero-order valence-electron chi connectivity index (χ0n) is 27.5. The molecule has 8 nitrogen and oxygen atoms in total. The maximum absolute atomic E-state index is 12.5. The van der Waals surface area contributed by atoms with Crippen molar-refractivity contribution < 1.29 is 38.2 Å². The number of carboxylic acids is 1. The highest BCUT2D eigenvalue weighted by molar-refractivity contribution is 5.72. The van der Waals surface area contributed by atoms with Crippen molar-refractivity contribution in [3.63, 3.8) is 0 Å². The molecule has 0 amide bonds. The van der Waals surface area contributed by atoms with Gasteiger partial charge in [-0.05, 0) is 38.5 Å². The Morgan fingerprint density at radius 3 is 1.95 bits per heavy atom. The number of hydrogen-bond donors (Lipinski definition) is 1. The van der Waals surface area contributed by atoms with Crippen molar-refractivity contribution in [2.24, 2.45) is 0 Å². The molecule has 0 fully saturated rings. The molecular formula is C34H62NO7+. The lowest BCUT2D eigenvalue weighted by atomic mass is 10.1. The lowest BCUT2D eigenvalue weighted by molar-refractivity contribution is -0.887. The number of carboxylic acid groups (broad SMARTS) is 1. The Hall–Kier alpha value is -2.19. The van der Waals surface area contributed by atoms with Gasteiger partial charge < -0.3 is 23.8 Å². The number of allylic oxidation sites excluding steroid dienone is 4. The largest absolute Gasteiger partial charge is 0.477 e. The van der Waals surface area contributed by atoms with Crippen LogP contribution in [0.5, 0.6) is 0 Å². The van der Waals surface area contributed by atoms with E-state index in [1.54, 1.807) is 0 Å². The van der Waals surface area contributed by atoms with Gasteiger partial charge in [-0.2, -0.15) is 0 Å². The molecule has 0 saturated heterocycles. The van der Waals surface area contributed by atoms with Gasteiger partial charge in [-0.15, -0.1) is 0 Å². The van der Waals surface area contributed by atoms with Crippen molar-refractivity contribution in [1.82, 2.24) is 0 Å². The van der Waals surface area contributed by atoms with Crippen LogP contribution in [0.1, 0.15) is 123 Å². The van der Waals surface area contributed by atoms with E-state index in [-0.39, 0.29) is 36.2 Å². The molecule has 0 aromatic heterocycles. The van der Waals surface area contributed by atoms with Gasteiger partial charge in [-0.3, -0.25) is 9.59 Å². The van der Waals surface area contributed by atoms with Crippen LogP contribution >= 0.6 is 0 Å². The van der Waals surface area contributed by atoms with Crippen LogP contribution in [0.4, 0.5) is 0 Å². The highest BCUT2D eigenvalue weighted by atomic mass is 16.6. The number of rotatable bonds is 28. The zero-order valence-corrected chi connectivity index (χ0v) is 27.5. The standard InChI is InChI=1S/C34H61NO7/c1-6-8-10-12-14-16-18-20-22-24-32(36)41-29-30(28-40-27-26-31(34(38)39)35(3,4)5)42-33(37)25-23-21-19-17-15-13-11-9-7-2/h8,10,14,16,30-31H,6-7,9,11-13,15,17-29H2,1-5H3/p+1/b10-8+,16-14+. The average molecular weight is 597 g/mol. The molecule has 0 spiro atoms. The third-order valence-corrected chi connectivity index (χ3v) is 7.12. The zero-order chi connectivity index (χ0) is 31.5. The van der Waals surface area contributed by atoms with Crippen LogP contribution in [-0.2, 0) is 28.6 Å². The number of hydrogen-bond acceptors (Lipinski definition) is 6. The highest BCUT2D eigenvalue weighted by Crippen LogP contribution is 2.12. The van der Waals surface area contributed by atoms with Crippen LogP contribution in [0, 0.1) is 0 Å². The smallest absolute Gasteiger partial charge is 0.362 e. The minimum Gasteiger partial charge on any atom is -0.477 e. The van der Waals surface area contributed by atoms with Crippen LogP contribution in [0.3, 0.4) is 0 Å². The van der Waals surface area contributed by atoms with Gasteiger partial charge in [0, 0.05) is 19.3 Å². The summed E-state index contributed by atoms with van der Waals surface area (Å²) in [7, 11) is 5.49. The first kappa shape index (κ1) is 39.8. The molecule has 0 heterocycles. The van der Waals surface area contributed by atoms with Crippen LogP contribution in [0.25, 0.3) is 0 Å². The first-order valence-electron chi connectivity index (χ1n) is 16.4. The van der Waals surface area contributed by atoms with Gasteiger partial charge >= 0.3 is 17.9 Å². The maximum atomic E-state index is 12.5. The van der Waals surface area contributed by atoms with Crippen molar-refractivity contribution in [3.05, 3.63) is 24.3 Å². The van der Waals surface area contributed by atoms with Crippen molar-refractivity contribution in [3.8, 4) is 0 Å². The third-order valence-electron chi connectivity index (χ3n) is 7.12. The van der Waals surface area contributed by atoms with E-state index < -0.39 is 18.1 Å². The van der Waals surface area contributed by atoms with Crippen LogP contribution in [0.2, 0.25) is 0 Å². The Labute approximate surface area is 256 Å². The Balaban J connectivity index is 4.55. The summed E-state index contributed by atoms with van der Waals surface area (Å²) < 4.78 is 17.0. The fourth-order valence-corrected chi connectivity index (χ4v) is 4.54. The van der Waals surface area contributed by atoms with Gasteiger partial charge in [-0.25, -0.2) is 4.79 Å². The number of nitrogens with zero attached hydrogens (tertiary/aromatic N) is 1. The number of aliphatic carboxylic acids is 1. The van der Waals surface area contributed by atoms with Crippen molar-refractivity contribution in [2.45, 2.75) is 135 Å². The first-order chi connectivity index (χ1) is 20.1. The van der Waals surface area contributed by atoms with Crippen molar-refractivity contribution >= 4 is 17.9 Å². The van der Waals surface area contributed by atoms with Crippen LogP contribution < -0.4 is 0 Å². The monoisotopic (exact) mass is 596 g/mol. The molecule has 0 rings (SSSR count). The van der Waals surface area contributed by atoms with Crippen molar-refractivity contribution in [2.75, 3.05) is 41.0 Å². The molecule has 0 bridgehead atoms. The molecule has 0 aliphatic carbocycles. The molecule has 42 heavy (non-hydrogen) atoms. The molecule has 2 unspecified atom stereocenters. The number of likely N-dealkylation sites (N-methyl/N-ethyl adjacent to an activating group) is 1. The Kier molecular flexibility index (Phi) is 25.1. The summed E-state index contributed by atoms with van der Waals surface area (Å²) in [5.41, 5.74) is 0. The predicted octanol–water partition coefficient (Wildman–Crippen LogP) is 7.40. The second-order valence-electron chi connectivity index (χ2n) is 12.0. The summed E-state index contributed by atoms with van der Waals surface area (Å²) in [6, 6.07) is -0.613. The normalized spacial score (nSPS) is 13.5. The van der Waals surface area contributed by atoms with E-state index >= 15 is 0 Å². The van der Waals surface area contributed by atoms with Crippen molar-refractivity contribution in [1.29, 1.82) is 0 Å². The second kappa shape index (κ2) is 26.4. The van der Waals surface area contributed by atoms with Gasteiger partial charge in [0.1, 0.15) is 6.61 Å². The van der Waals surface area contributed by atoms with E-state index in [2.05, 4.69) is 38.2 Å². The minimum atomic E-state index is -0.882. The van der Waals surface area contributed by atoms with E-state index in [0.29, 0.717) is 19.3 Å². The second-order valence-corrected chi connectivity index (χ2v) is 12.0. The summed E-state index contributed by atoms with van der Waals surface area (Å²) in [5, 5.41) is 9.52. The van der Waals surface area contributed by atoms with Crippen LogP contribution in [0.15, 0.2) is 24.3 Å².